The maximum atomic E-state index is 5.89. The van der Waals surface area contributed by atoms with Gasteiger partial charge in [0.25, 0.3) is 0 Å². The molecule has 2 rings (SSSR count). The molecule has 2 heteroatoms. The van der Waals surface area contributed by atoms with Crippen LogP contribution >= 0.6 is 11.6 Å². The van der Waals surface area contributed by atoms with Gasteiger partial charge in [-0.05, 0) is 30.7 Å². The molecular weight excluding hydrogens is 170 g/mol. The van der Waals surface area contributed by atoms with Crippen molar-refractivity contribution in [2.24, 2.45) is 0 Å². The van der Waals surface area contributed by atoms with Gasteiger partial charge in [0.1, 0.15) is 5.50 Å². The molecule has 1 aromatic carbocycles. The van der Waals surface area contributed by atoms with Crippen molar-refractivity contribution in [2.45, 2.75) is 12.4 Å². The smallest absolute Gasteiger partial charge is 0.120 e. The topological polar surface area (TPSA) is 12.0 Å². The first-order valence-corrected chi connectivity index (χ1v) is 4.39. The molecule has 12 heavy (non-hydrogen) atoms. The SMILES string of the molecule is Cc1ccc2c(c1)C=CC(Cl)N2. The Morgan fingerprint density at radius 3 is 3.08 bits per heavy atom. The van der Waals surface area contributed by atoms with E-state index in [0.717, 1.165) is 5.69 Å². The molecule has 1 nitrogen and oxygen atoms in total. The summed E-state index contributed by atoms with van der Waals surface area (Å²) in [6.45, 7) is 2.08. The van der Waals surface area contributed by atoms with Gasteiger partial charge in [0.15, 0.2) is 0 Å². The first-order valence-electron chi connectivity index (χ1n) is 3.95. The van der Waals surface area contributed by atoms with Gasteiger partial charge in [-0.3, -0.25) is 0 Å². The molecular formula is C10H10ClN. The highest BCUT2D eigenvalue weighted by atomic mass is 35.5. The van der Waals surface area contributed by atoms with Crippen LogP contribution < -0.4 is 5.32 Å². The van der Waals surface area contributed by atoms with E-state index in [2.05, 4.69) is 36.5 Å². The molecule has 1 aliphatic rings. The quantitative estimate of drug-likeness (QED) is 0.477. The summed E-state index contributed by atoms with van der Waals surface area (Å²) in [5.74, 6) is 0. The van der Waals surface area contributed by atoms with E-state index in [0.29, 0.717) is 0 Å². The third kappa shape index (κ3) is 1.32. The van der Waals surface area contributed by atoms with Crippen molar-refractivity contribution in [1.29, 1.82) is 0 Å². The van der Waals surface area contributed by atoms with Gasteiger partial charge in [0.2, 0.25) is 0 Å². The van der Waals surface area contributed by atoms with Crippen LogP contribution in [0, 0.1) is 6.92 Å². The zero-order valence-electron chi connectivity index (χ0n) is 6.84. The average molecular weight is 180 g/mol. The number of fused-ring (bicyclic) bond motifs is 1. The lowest BCUT2D eigenvalue weighted by atomic mass is 10.1. The summed E-state index contributed by atoms with van der Waals surface area (Å²) in [5, 5.41) is 3.17. The van der Waals surface area contributed by atoms with Crippen LogP contribution in [-0.2, 0) is 0 Å². The summed E-state index contributed by atoms with van der Waals surface area (Å²) in [4.78, 5) is 0. The molecule has 0 fully saturated rings. The second kappa shape index (κ2) is 2.83. The molecule has 0 aromatic heterocycles. The van der Waals surface area contributed by atoms with Crippen LogP contribution in [0.3, 0.4) is 0 Å². The van der Waals surface area contributed by atoms with E-state index >= 15 is 0 Å². The largest absolute Gasteiger partial charge is 0.366 e. The first-order chi connectivity index (χ1) is 5.75. The van der Waals surface area contributed by atoms with E-state index in [4.69, 9.17) is 11.6 Å². The maximum absolute atomic E-state index is 5.89. The third-order valence-corrected chi connectivity index (χ3v) is 2.20. The van der Waals surface area contributed by atoms with Crippen LogP contribution in [0.15, 0.2) is 24.3 Å². The van der Waals surface area contributed by atoms with Gasteiger partial charge in [-0.2, -0.15) is 0 Å². The fourth-order valence-electron chi connectivity index (χ4n) is 1.34. The lowest BCUT2D eigenvalue weighted by molar-refractivity contribution is 1.21. The number of nitrogens with one attached hydrogen (secondary N) is 1. The van der Waals surface area contributed by atoms with E-state index in [1.165, 1.54) is 11.1 Å². The highest BCUT2D eigenvalue weighted by Crippen LogP contribution is 2.24. The Labute approximate surface area is 77.0 Å². The maximum Gasteiger partial charge on any atom is 0.120 e. The molecule has 0 aliphatic carbocycles. The molecule has 0 radical (unpaired) electrons. The van der Waals surface area contributed by atoms with Gasteiger partial charge in [-0.25, -0.2) is 0 Å². The minimum atomic E-state index is -0.0693. The Bertz CT molecular complexity index is 331. The molecule has 0 saturated carbocycles. The summed E-state index contributed by atoms with van der Waals surface area (Å²) in [6, 6.07) is 6.28. The highest BCUT2D eigenvalue weighted by molar-refractivity contribution is 6.23. The molecule has 0 amide bonds. The second-order valence-electron chi connectivity index (χ2n) is 3.00. The van der Waals surface area contributed by atoms with Crippen LogP contribution in [0.1, 0.15) is 11.1 Å². The van der Waals surface area contributed by atoms with Crippen molar-refractivity contribution in [2.75, 3.05) is 5.32 Å². The van der Waals surface area contributed by atoms with Gasteiger partial charge in [0, 0.05) is 5.69 Å². The van der Waals surface area contributed by atoms with Gasteiger partial charge >= 0.3 is 0 Å². The average Bonchev–Trinajstić information content (AvgIpc) is 2.05. The summed E-state index contributed by atoms with van der Waals surface area (Å²) in [6.07, 6.45) is 4.00. The fraction of sp³-hybridized carbons (Fsp3) is 0.200. The van der Waals surface area contributed by atoms with Gasteiger partial charge < -0.3 is 5.32 Å². The first kappa shape index (κ1) is 7.69. The number of benzene rings is 1. The fourth-order valence-corrected chi connectivity index (χ4v) is 1.53. The van der Waals surface area contributed by atoms with Crippen molar-refractivity contribution in [3.05, 3.63) is 35.4 Å². The Morgan fingerprint density at radius 1 is 1.42 bits per heavy atom. The van der Waals surface area contributed by atoms with E-state index in [-0.39, 0.29) is 5.50 Å². The zero-order chi connectivity index (χ0) is 8.55. The predicted molar refractivity (Wildman–Crippen MR) is 53.5 cm³/mol. The standard InChI is InChI=1S/C10H10ClN/c1-7-2-4-9-8(6-7)3-5-10(11)12-9/h2-6,10,12H,1H3. The summed E-state index contributed by atoms with van der Waals surface area (Å²) >= 11 is 5.89. The minimum Gasteiger partial charge on any atom is -0.366 e. The number of rotatable bonds is 0. The summed E-state index contributed by atoms with van der Waals surface area (Å²) in [5.41, 5.74) is 3.53. The van der Waals surface area contributed by atoms with E-state index in [9.17, 15) is 0 Å². The number of hydrogen-bond acceptors (Lipinski definition) is 1. The van der Waals surface area contributed by atoms with Gasteiger partial charge in [0.05, 0.1) is 0 Å². The lowest BCUT2D eigenvalue weighted by Crippen LogP contribution is -2.12. The number of hydrogen-bond donors (Lipinski definition) is 1. The monoisotopic (exact) mass is 179 g/mol. The molecule has 1 N–H and O–H groups in total. The van der Waals surface area contributed by atoms with Crippen molar-refractivity contribution < 1.29 is 0 Å². The number of alkyl halides is 1. The molecule has 62 valence electrons. The minimum absolute atomic E-state index is 0.0693. The Kier molecular flexibility index (Phi) is 1.81. The summed E-state index contributed by atoms with van der Waals surface area (Å²) in [7, 11) is 0. The highest BCUT2D eigenvalue weighted by Gasteiger charge is 2.08. The Morgan fingerprint density at radius 2 is 2.25 bits per heavy atom. The lowest BCUT2D eigenvalue weighted by Gasteiger charge is -2.17. The Balaban J connectivity index is 2.47. The van der Waals surface area contributed by atoms with E-state index < -0.39 is 0 Å². The van der Waals surface area contributed by atoms with Crippen LogP contribution in [0.2, 0.25) is 0 Å². The van der Waals surface area contributed by atoms with Gasteiger partial charge in [-0.15, -0.1) is 0 Å². The molecule has 1 aromatic rings. The van der Waals surface area contributed by atoms with Gasteiger partial charge in [-0.1, -0.05) is 29.3 Å². The zero-order valence-corrected chi connectivity index (χ0v) is 7.60. The van der Waals surface area contributed by atoms with Crippen molar-refractivity contribution in [1.82, 2.24) is 0 Å². The molecule has 1 atom stereocenters. The third-order valence-electron chi connectivity index (χ3n) is 1.95. The number of halogens is 1. The van der Waals surface area contributed by atoms with E-state index in [1.807, 2.05) is 6.08 Å². The Hall–Kier alpha value is -0.950. The molecule has 1 heterocycles. The normalized spacial score (nSPS) is 20.0. The molecule has 0 bridgehead atoms. The number of anilines is 1. The molecule has 0 spiro atoms. The van der Waals surface area contributed by atoms with Crippen LogP contribution in [0.5, 0.6) is 0 Å². The number of aryl methyl sites for hydroxylation is 1. The van der Waals surface area contributed by atoms with E-state index in [1.54, 1.807) is 0 Å². The van der Waals surface area contributed by atoms with Crippen LogP contribution in [0.25, 0.3) is 6.08 Å². The van der Waals surface area contributed by atoms with Crippen molar-refractivity contribution in [3.63, 3.8) is 0 Å². The van der Waals surface area contributed by atoms with Crippen molar-refractivity contribution in [3.8, 4) is 0 Å². The molecule has 1 unspecified atom stereocenters. The van der Waals surface area contributed by atoms with Crippen molar-refractivity contribution >= 4 is 23.4 Å². The summed E-state index contributed by atoms with van der Waals surface area (Å²) < 4.78 is 0. The van der Waals surface area contributed by atoms with Crippen LogP contribution in [-0.4, -0.2) is 5.50 Å². The molecule has 1 aliphatic heterocycles. The predicted octanol–water partition coefficient (Wildman–Crippen LogP) is 3.00. The molecule has 0 saturated heterocycles. The van der Waals surface area contributed by atoms with Crippen LogP contribution in [0.4, 0.5) is 5.69 Å². The second-order valence-corrected chi connectivity index (χ2v) is 3.47.